The summed E-state index contributed by atoms with van der Waals surface area (Å²) in [5.74, 6) is 0.653. The van der Waals surface area contributed by atoms with Crippen molar-refractivity contribution in [1.82, 2.24) is 0 Å². The van der Waals surface area contributed by atoms with Crippen molar-refractivity contribution in [2.75, 3.05) is 5.32 Å². The molecule has 0 aliphatic carbocycles. The van der Waals surface area contributed by atoms with E-state index in [9.17, 15) is 4.79 Å². The summed E-state index contributed by atoms with van der Waals surface area (Å²) < 4.78 is 5.77. The fraction of sp³-hybridized carbons (Fsp3) is 0.125. The van der Waals surface area contributed by atoms with Gasteiger partial charge in [0, 0.05) is 11.8 Å². The van der Waals surface area contributed by atoms with Crippen LogP contribution in [0, 0.1) is 0 Å². The number of aryl methyl sites for hydroxylation is 1. The van der Waals surface area contributed by atoms with E-state index in [1.807, 2.05) is 78.9 Å². The summed E-state index contributed by atoms with van der Waals surface area (Å²) in [5.41, 5.74) is 4.12. The SMILES string of the molecule is CCc1ccc(NC(=O)/C=C/c2ccc(OCc3ccccc3)cc2)cc1. The molecule has 0 aliphatic heterocycles. The molecule has 0 heterocycles. The highest BCUT2D eigenvalue weighted by Crippen LogP contribution is 2.15. The molecule has 27 heavy (non-hydrogen) atoms. The number of nitrogens with one attached hydrogen (secondary N) is 1. The number of hydrogen-bond donors (Lipinski definition) is 1. The van der Waals surface area contributed by atoms with Crippen LogP contribution >= 0.6 is 0 Å². The predicted octanol–water partition coefficient (Wildman–Crippen LogP) is 5.48. The fourth-order valence-electron chi connectivity index (χ4n) is 2.60. The maximum Gasteiger partial charge on any atom is 0.248 e. The van der Waals surface area contributed by atoms with Gasteiger partial charge in [0.05, 0.1) is 0 Å². The number of hydrogen-bond acceptors (Lipinski definition) is 2. The van der Waals surface area contributed by atoms with E-state index in [0.29, 0.717) is 6.61 Å². The lowest BCUT2D eigenvalue weighted by molar-refractivity contribution is -0.111. The van der Waals surface area contributed by atoms with Gasteiger partial charge >= 0.3 is 0 Å². The van der Waals surface area contributed by atoms with Gasteiger partial charge in [-0.2, -0.15) is 0 Å². The minimum absolute atomic E-state index is 0.149. The Balaban J connectivity index is 1.51. The van der Waals surface area contributed by atoms with Crippen molar-refractivity contribution in [3.8, 4) is 5.75 Å². The number of ether oxygens (including phenoxy) is 1. The summed E-state index contributed by atoms with van der Waals surface area (Å²) in [7, 11) is 0. The Kier molecular flexibility index (Phi) is 6.42. The predicted molar refractivity (Wildman–Crippen MR) is 111 cm³/mol. The van der Waals surface area contributed by atoms with Crippen molar-refractivity contribution in [3.05, 3.63) is 102 Å². The Bertz CT molecular complexity index is 882. The lowest BCUT2D eigenvalue weighted by Gasteiger charge is -2.06. The minimum atomic E-state index is -0.149. The Hall–Kier alpha value is -3.33. The average molecular weight is 357 g/mol. The van der Waals surface area contributed by atoms with Crippen LogP contribution in [0.25, 0.3) is 6.08 Å². The quantitative estimate of drug-likeness (QED) is 0.569. The van der Waals surface area contributed by atoms with Crippen molar-refractivity contribution >= 4 is 17.7 Å². The van der Waals surface area contributed by atoms with Gasteiger partial charge in [0.2, 0.25) is 5.91 Å². The van der Waals surface area contributed by atoms with E-state index in [1.54, 1.807) is 6.08 Å². The molecular formula is C24H23NO2. The van der Waals surface area contributed by atoms with Crippen LogP contribution in [-0.2, 0) is 17.8 Å². The molecule has 0 bridgehead atoms. The third kappa shape index (κ3) is 5.86. The molecule has 1 amide bonds. The van der Waals surface area contributed by atoms with Crippen LogP contribution in [0.2, 0.25) is 0 Å². The summed E-state index contributed by atoms with van der Waals surface area (Å²) in [4.78, 5) is 12.0. The molecule has 0 atom stereocenters. The number of benzene rings is 3. The second-order valence-electron chi connectivity index (χ2n) is 6.22. The number of carbonyl (C=O) groups is 1. The van der Waals surface area contributed by atoms with E-state index < -0.39 is 0 Å². The van der Waals surface area contributed by atoms with E-state index in [1.165, 1.54) is 11.6 Å². The lowest BCUT2D eigenvalue weighted by atomic mass is 10.1. The zero-order chi connectivity index (χ0) is 18.9. The fourth-order valence-corrected chi connectivity index (χ4v) is 2.60. The summed E-state index contributed by atoms with van der Waals surface area (Å²) >= 11 is 0. The summed E-state index contributed by atoms with van der Waals surface area (Å²) in [6.07, 6.45) is 4.31. The molecule has 136 valence electrons. The van der Waals surface area contributed by atoms with Crippen LogP contribution in [0.4, 0.5) is 5.69 Å². The van der Waals surface area contributed by atoms with E-state index in [0.717, 1.165) is 29.0 Å². The van der Waals surface area contributed by atoms with E-state index in [4.69, 9.17) is 4.74 Å². The maximum atomic E-state index is 12.0. The highest BCUT2D eigenvalue weighted by atomic mass is 16.5. The molecule has 1 N–H and O–H groups in total. The topological polar surface area (TPSA) is 38.3 Å². The Morgan fingerprint density at radius 3 is 2.26 bits per heavy atom. The van der Waals surface area contributed by atoms with Gasteiger partial charge in [-0.3, -0.25) is 4.79 Å². The first-order chi connectivity index (χ1) is 13.2. The van der Waals surface area contributed by atoms with Gasteiger partial charge in [-0.1, -0.05) is 61.5 Å². The Morgan fingerprint density at radius 2 is 1.59 bits per heavy atom. The van der Waals surface area contributed by atoms with Crippen molar-refractivity contribution in [2.45, 2.75) is 20.0 Å². The molecular weight excluding hydrogens is 334 g/mol. The highest BCUT2D eigenvalue weighted by Gasteiger charge is 1.99. The van der Waals surface area contributed by atoms with Crippen LogP contribution in [0.5, 0.6) is 5.75 Å². The van der Waals surface area contributed by atoms with E-state index >= 15 is 0 Å². The van der Waals surface area contributed by atoms with Gasteiger partial charge in [-0.15, -0.1) is 0 Å². The van der Waals surface area contributed by atoms with Gasteiger partial charge in [-0.25, -0.2) is 0 Å². The molecule has 0 saturated carbocycles. The first-order valence-electron chi connectivity index (χ1n) is 9.08. The molecule has 3 heteroatoms. The number of amides is 1. The molecule has 0 radical (unpaired) electrons. The summed E-state index contributed by atoms with van der Waals surface area (Å²) in [5, 5.41) is 2.86. The van der Waals surface area contributed by atoms with E-state index in [-0.39, 0.29) is 5.91 Å². The van der Waals surface area contributed by atoms with Crippen LogP contribution in [-0.4, -0.2) is 5.91 Å². The largest absolute Gasteiger partial charge is 0.489 e. The molecule has 0 aromatic heterocycles. The lowest BCUT2D eigenvalue weighted by Crippen LogP contribution is -2.07. The molecule has 3 nitrogen and oxygen atoms in total. The third-order valence-corrected chi connectivity index (χ3v) is 4.19. The molecule has 3 aromatic carbocycles. The number of rotatable bonds is 7. The standard InChI is InChI=1S/C24H23NO2/c1-2-19-8-13-22(14-9-19)25-24(26)17-12-20-10-15-23(16-11-20)27-18-21-6-4-3-5-7-21/h3-17H,2,18H2,1H3,(H,25,26)/b17-12+. The number of anilines is 1. The Labute approximate surface area is 160 Å². The molecule has 3 aromatic rings. The normalized spacial score (nSPS) is 10.7. The van der Waals surface area contributed by atoms with Crippen LogP contribution in [0.15, 0.2) is 84.9 Å². The minimum Gasteiger partial charge on any atom is -0.489 e. The first-order valence-corrected chi connectivity index (χ1v) is 9.08. The molecule has 0 spiro atoms. The van der Waals surface area contributed by atoms with Crippen LogP contribution < -0.4 is 10.1 Å². The van der Waals surface area contributed by atoms with Gasteiger partial charge in [0.1, 0.15) is 12.4 Å². The smallest absolute Gasteiger partial charge is 0.248 e. The first kappa shape index (κ1) is 18.5. The van der Waals surface area contributed by atoms with Gasteiger partial charge in [-0.05, 0) is 53.5 Å². The summed E-state index contributed by atoms with van der Waals surface area (Å²) in [6, 6.07) is 25.6. The second-order valence-corrected chi connectivity index (χ2v) is 6.22. The molecule has 0 unspecified atom stereocenters. The van der Waals surface area contributed by atoms with E-state index in [2.05, 4.69) is 12.2 Å². The third-order valence-electron chi connectivity index (χ3n) is 4.19. The van der Waals surface area contributed by atoms with Crippen molar-refractivity contribution in [3.63, 3.8) is 0 Å². The van der Waals surface area contributed by atoms with Crippen molar-refractivity contribution in [2.24, 2.45) is 0 Å². The second kappa shape index (κ2) is 9.39. The molecule has 3 rings (SSSR count). The van der Waals surface area contributed by atoms with Crippen molar-refractivity contribution < 1.29 is 9.53 Å². The molecule has 0 saturated heterocycles. The van der Waals surface area contributed by atoms with Crippen LogP contribution in [0.1, 0.15) is 23.6 Å². The monoisotopic (exact) mass is 357 g/mol. The zero-order valence-electron chi connectivity index (χ0n) is 15.4. The summed E-state index contributed by atoms with van der Waals surface area (Å²) in [6.45, 7) is 2.64. The molecule has 0 aliphatic rings. The van der Waals surface area contributed by atoms with Crippen LogP contribution in [0.3, 0.4) is 0 Å². The highest BCUT2D eigenvalue weighted by molar-refractivity contribution is 6.01. The number of carbonyl (C=O) groups excluding carboxylic acids is 1. The maximum absolute atomic E-state index is 12.0. The van der Waals surface area contributed by atoms with Crippen molar-refractivity contribution in [1.29, 1.82) is 0 Å². The Morgan fingerprint density at radius 1 is 0.889 bits per heavy atom. The molecule has 0 fully saturated rings. The zero-order valence-corrected chi connectivity index (χ0v) is 15.4. The average Bonchev–Trinajstić information content (AvgIpc) is 2.73. The van der Waals surface area contributed by atoms with Gasteiger partial charge in [0.15, 0.2) is 0 Å². The van der Waals surface area contributed by atoms with Gasteiger partial charge < -0.3 is 10.1 Å². The van der Waals surface area contributed by atoms with Gasteiger partial charge in [0.25, 0.3) is 0 Å².